The molecule has 6 heteroatoms. The van der Waals surface area contributed by atoms with Gasteiger partial charge in [0.25, 0.3) is 0 Å². The number of hydrogen-bond donors (Lipinski definition) is 2. The van der Waals surface area contributed by atoms with Gasteiger partial charge in [0, 0.05) is 19.1 Å². The van der Waals surface area contributed by atoms with Crippen LogP contribution in [0.4, 0.5) is 4.79 Å². The number of nitrogens with zero attached hydrogens (tertiary/aromatic N) is 2. The standard InChI is InChI=1S/C21H31N3O3/c1-15(17-5-3-6-18(13-17)16-8-9-16)22-21(27)24-11-4-7-19(10-12-24)23(2)14-20(25)26/h3,5-6,13,15-16,19H,4,7-12,14H2,1-2H3,(H,22,27)(H,25,26). The molecule has 27 heavy (non-hydrogen) atoms. The maximum atomic E-state index is 12.7. The summed E-state index contributed by atoms with van der Waals surface area (Å²) in [6.45, 7) is 3.46. The fourth-order valence-electron chi connectivity index (χ4n) is 3.92. The molecule has 3 rings (SSSR count). The number of carbonyl (C=O) groups excluding carboxylic acids is 1. The normalized spacial score (nSPS) is 21.6. The lowest BCUT2D eigenvalue weighted by Gasteiger charge is -2.26. The van der Waals surface area contributed by atoms with E-state index in [9.17, 15) is 9.59 Å². The fourth-order valence-corrected chi connectivity index (χ4v) is 3.92. The van der Waals surface area contributed by atoms with Crippen LogP contribution in [0.15, 0.2) is 24.3 Å². The van der Waals surface area contributed by atoms with Crippen LogP contribution < -0.4 is 5.32 Å². The van der Waals surface area contributed by atoms with Crippen LogP contribution in [0.3, 0.4) is 0 Å². The van der Waals surface area contributed by atoms with Gasteiger partial charge >= 0.3 is 12.0 Å². The van der Waals surface area contributed by atoms with E-state index in [1.807, 2.05) is 23.8 Å². The van der Waals surface area contributed by atoms with Crippen LogP contribution in [0.25, 0.3) is 0 Å². The SMILES string of the molecule is CC(NC(=O)N1CCCC(N(C)CC(=O)O)CC1)c1cccc(C2CC2)c1. The quantitative estimate of drug-likeness (QED) is 0.803. The van der Waals surface area contributed by atoms with Gasteiger partial charge in [-0.05, 0) is 63.1 Å². The zero-order valence-corrected chi connectivity index (χ0v) is 16.4. The van der Waals surface area contributed by atoms with E-state index in [1.165, 1.54) is 18.4 Å². The summed E-state index contributed by atoms with van der Waals surface area (Å²) in [5, 5.41) is 12.1. The molecule has 2 unspecified atom stereocenters. The molecular formula is C21H31N3O3. The monoisotopic (exact) mass is 373 g/mol. The average molecular weight is 373 g/mol. The molecule has 1 aliphatic carbocycles. The van der Waals surface area contributed by atoms with Gasteiger partial charge in [-0.1, -0.05) is 24.3 Å². The van der Waals surface area contributed by atoms with Gasteiger partial charge in [-0.3, -0.25) is 9.69 Å². The van der Waals surface area contributed by atoms with Crippen molar-refractivity contribution in [3.63, 3.8) is 0 Å². The van der Waals surface area contributed by atoms with E-state index in [-0.39, 0.29) is 24.7 Å². The van der Waals surface area contributed by atoms with Crippen LogP contribution in [0.2, 0.25) is 0 Å². The highest BCUT2D eigenvalue weighted by atomic mass is 16.4. The fraction of sp³-hybridized carbons (Fsp3) is 0.619. The Morgan fingerprint density at radius 3 is 2.74 bits per heavy atom. The summed E-state index contributed by atoms with van der Waals surface area (Å²) in [7, 11) is 1.85. The summed E-state index contributed by atoms with van der Waals surface area (Å²) < 4.78 is 0. The Kier molecular flexibility index (Phi) is 6.37. The van der Waals surface area contributed by atoms with Gasteiger partial charge in [0.05, 0.1) is 12.6 Å². The molecule has 1 heterocycles. The molecule has 2 aliphatic rings. The molecule has 0 spiro atoms. The smallest absolute Gasteiger partial charge is 0.317 e. The molecule has 1 saturated heterocycles. The number of rotatable bonds is 6. The van der Waals surface area contributed by atoms with Crippen molar-refractivity contribution in [3.05, 3.63) is 35.4 Å². The number of nitrogens with one attached hydrogen (secondary N) is 1. The number of hydrogen-bond acceptors (Lipinski definition) is 3. The highest BCUT2D eigenvalue weighted by Gasteiger charge is 2.26. The van der Waals surface area contributed by atoms with E-state index >= 15 is 0 Å². The van der Waals surface area contributed by atoms with Crippen molar-refractivity contribution in [2.45, 2.75) is 57.0 Å². The Bertz CT molecular complexity index is 674. The number of amides is 2. The first-order valence-corrected chi connectivity index (χ1v) is 10.0. The molecule has 2 N–H and O–H groups in total. The number of likely N-dealkylation sites (tertiary alicyclic amines) is 1. The molecule has 1 aromatic carbocycles. The third-order valence-corrected chi connectivity index (χ3v) is 5.79. The number of urea groups is 1. The van der Waals surface area contributed by atoms with Gasteiger partial charge in [0.15, 0.2) is 0 Å². The Morgan fingerprint density at radius 2 is 2.04 bits per heavy atom. The van der Waals surface area contributed by atoms with E-state index < -0.39 is 5.97 Å². The van der Waals surface area contributed by atoms with Crippen molar-refractivity contribution in [3.8, 4) is 0 Å². The molecule has 2 atom stereocenters. The van der Waals surface area contributed by atoms with Crippen LogP contribution in [0.1, 0.15) is 62.1 Å². The predicted octanol–water partition coefficient (Wildman–Crippen LogP) is 3.21. The third kappa shape index (κ3) is 5.45. The van der Waals surface area contributed by atoms with E-state index in [0.29, 0.717) is 12.5 Å². The molecule has 148 valence electrons. The van der Waals surface area contributed by atoms with Crippen molar-refractivity contribution in [1.82, 2.24) is 15.1 Å². The topological polar surface area (TPSA) is 72.9 Å². The highest BCUT2D eigenvalue weighted by molar-refractivity contribution is 5.74. The summed E-state index contributed by atoms with van der Waals surface area (Å²) in [6, 6.07) is 8.73. The van der Waals surface area contributed by atoms with Gasteiger partial charge in [-0.15, -0.1) is 0 Å². The second-order valence-electron chi connectivity index (χ2n) is 8.00. The van der Waals surface area contributed by atoms with Crippen molar-refractivity contribution < 1.29 is 14.7 Å². The molecule has 6 nitrogen and oxygen atoms in total. The molecule has 1 saturated carbocycles. The summed E-state index contributed by atoms with van der Waals surface area (Å²) in [6.07, 6.45) is 5.17. The number of carboxylic acid groups (broad SMARTS) is 1. The summed E-state index contributed by atoms with van der Waals surface area (Å²) in [5.41, 5.74) is 2.54. The number of aliphatic carboxylic acids is 1. The Morgan fingerprint density at radius 1 is 1.26 bits per heavy atom. The zero-order chi connectivity index (χ0) is 19.4. The van der Waals surface area contributed by atoms with Gasteiger partial charge in [0.1, 0.15) is 0 Å². The second kappa shape index (κ2) is 8.74. The van der Waals surface area contributed by atoms with Gasteiger partial charge in [-0.2, -0.15) is 0 Å². The first-order valence-electron chi connectivity index (χ1n) is 10.0. The average Bonchev–Trinajstić information content (AvgIpc) is 3.47. The maximum absolute atomic E-state index is 12.7. The van der Waals surface area contributed by atoms with Gasteiger partial charge in [0.2, 0.25) is 0 Å². The van der Waals surface area contributed by atoms with Crippen LogP contribution in [-0.2, 0) is 4.79 Å². The summed E-state index contributed by atoms with van der Waals surface area (Å²) >= 11 is 0. The Hall–Kier alpha value is -2.08. The largest absolute Gasteiger partial charge is 0.480 e. The first kappa shape index (κ1) is 19.7. The molecule has 2 fully saturated rings. The van der Waals surface area contributed by atoms with Crippen molar-refractivity contribution in [2.24, 2.45) is 0 Å². The molecular weight excluding hydrogens is 342 g/mol. The lowest BCUT2D eigenvalue weighted by molar-refractivity contribution is -0.138. The predicted molar refractivity (Wildman–Crippen MR) is 105 cm³/mol. The Balaban J connectivity index is 1.53. The second-order valence-corrected chi connectivity index (χ2v) is 8.00. The lowest BCUT2D eigenvalue weighted by Crippen LogP contribution is -2.42. The van der Waals surface area contributed by atoms with Crippen LogP contribution in [0.5, 0.6) is 0 Å². The van der Waals surface area contributed by atoms with E-state index in [2.05, 4.69) is 29.6 Å². The van der Waals surface area contributed by atoms with E-state index in [4.69, 9.17) is 5.11 Å². The molecule has 0 radical (unpaired) electrons. The molecule has 2 amide bonds. The van der Waals surface area contributed by atoms with Crippen LogP contribution in [0, 0.1) is 0 Å². The molecule has 1 aliphatic heterocycles. The number of benzene rings is 1. The van der Waals surface area contributed by atoms with Crippen LogP contribution >= 0.6 is 0 Å². The lowest BCUT2D eigenvalue weighted by atomic mass is 10.0. The molecule has 1 aromatic rings. The van der Waals surface area contributed by atoms with E-state index in [1.54, 1.807) is 0 Å². The third-order valence-electron chi connectivity index (χ3n) is 5.79. The molecule has 0 aromatic heterocycles. The number of likely N-dealkylation sites (N-methyl/N-ethyl adjacent to an activating group) is 1. The zero-order valence-electron chi connectivity index (χ0n) is 16.4. The van der Waals surface area contributed by atoms with Crippen molar-refractivity contribution in [2.75, 3.05) is 26.7 Å². The minimum atomic E-state index is -0.807. The highest BCUT2D eigenvalue weighted by Crippen LogP contribution is 2.40. The van der Waals surface area contributed by atoms with Gasteiger partial charge in [-0.25, -0.2) is 4.79 Å². The van der Waals surface area contributed by atoms with Crippen LogP contribution in [-0.4, -0.2) is 59.6 Å². The number of carboxylic acids is 1. The summed E-state index contributed by atoms with van der Waals surface area (Å²) in [5.74, 6) is -0.100. The molecule has 0 bridgehead atoms. The summed E-state index contributed by atoms with van der Waals surface area (Å²) in [4.78, 5) is 27.4. The van der Waals surface area contributed by atoms with Crippen molar-refractivity contribution in [1.29, 1.82) is 0 Å². The minimum Gasteiger partial charge on any atom is -0.480 e. The van der Waals surface area contributed by atoms with Crippen molar-refractivity contribution >= 4 is 12.0 Å². The first-order chi connectivity index (χ1) is 12.9. The minimum absolute atomic E-state index is 0.0232. The van der Waals surface area contributed by atoms with Gasteiger partial charge < -0.3 is 15.3 Å². The maximum Gasteiger partial charge on any atom is 0.317 e. The van der Waals surface area contributed by atoms with E-state index in [0.717, 1.165) is 31.4 Å². The Labute approximate surface area is 161 Å². The number of carbonyl (C=O) groups is 2.